The first-order chi connectivity index (χ1) is 46.0. The van der Waals surface area contributed by atoms with E-state index < -0.39 is 97.5 Å². The maximum Gasteiger partial charge on any atom is 0.472 e. The third kappa shape index (κ3) is 69.8. The van der Waals surface area contributed by atoms with Gasteiger partial charge in [0.2, 0.25) is 0 Å². The first kappa shape index (κ1) is 92.5. The zero-order valence-electron chi connectivity index (χ0n) is 61.3. The van der Waals surface area contributed by atoms with Crippen molar-refractivity contribution in [2.75, 3.05) is 39.6 Å². The highest BCUT2D eigenvalue weighted by molar-refractivity contribution is 7.47. The number of esters is 4. The number of ether oxygens (including phenoxy) is 4. The van der Waals surface area contributed by atoms with Crippen LogP contribution in [0, 0.1) is 5.92 Å². The van der Waals surface area contributed by atoms with Gasteiger partial charge in [-0.1, -0.05) is 322 Å². The van der Waals surface area contributed by atoms with Crippen LogP contribution in [0.2, 0.25) is 0 Å². The second-order valence-corrected chi connectivity index (χ2v) is 30.1. The van der Waals surface area contributed by atoms with Gasteiger partial charge in [-0.15, -0.1) is 0 Å². The summed E-state index contributed by atoms with van der Waals surface area (Å²) in [7, 11) is -9.91. The molecule has 0 saturated heterocycles. The van der Waals surface area contributed by atoms with Crippen molar-refractivity contribution in [2.24, 2.45) is 5.92 Å². The fraction of sp³-hybridized carbons (Fsp3) is 0.895. The molecule has 5 atom stereocenters. The molecule has 0 amide bonds. The van der Waals surface area contributed by atoms with Crippen molar-refractivity contribution in [1.82, 2.24) is 0 Å². The van der Waals surface area contributed by atoms with Gasteiger partial charge in [0.15, 0.2) is 12.2 Å². The number of phosphoric ester groups is 2. The predicted octanol–water partition coefficient (Wildman–Crippen LogP) is 22.0. The molecular formula is C76H144O17P2. The second-order valence-electron chi connectivity index (χ2n) is 27.2. The highest BCUT2D eigenvalue weighted by atomic mass is 31.2. The number of carbonyl (C=O) groups is 4. The molecule has 19 heteroatoms. The number of phosphoric acid groups is 2. The Balaban J connectivity index is 5.17. The van der Waals surface area contributed by atoms with E-state index >= 15 is 0 Å². The molecular weight excluding hydrogens is 1250 g/mol. The first-order valence-corrected chi connectivity index (χ1v) is 41.9. The lowest BCUT2D eigenvalue weighted by molar-refractivity contribution is -0.161. The highest BCUT2D eigenvalue weighted by Crippen LogP contribution is 2.45. The van der Waals surface area contributed by atoms with E-state index in [1.807, 2.05) is 0 Å². The minimum absolute atomic E-state index is 0.0843. The largest absolute Gasteiger partial charge is 0.472 e. The average molecular weight is 1390 g/mol. The molecule has 0 fully saturated rings. The van der Waals surface area contributed by atoms with E-state index in [1.54, 1.807) is 0 Å². The maximum atomic E-state index is 13.1. The predicted molar refractivity (Wildman–Crippen MR) is 386 cm³/mol. The van der Waals surface area contributed by atoms with Gasteiger partial charge in [0.1, 0.15) is 19.3 Å². The Hall–Kier alpha value is -2.46. The maximum absolute atomic E-state index is 13.1. The summed E-state index contributed by atoms with van der Waals surface area (Å²) in [4.78, 5) is 72.5. The van der Waals surface area contributed by atoms with Gasteiger partial charge in [0.05, 0.1) is 26.4 Å². The fourth-order valence-corrected chi connectivity index (χ4v) is 12.7. The molecule has 2 unspecified atom stereocenters. The fourth-order valence-electron chi connectivity index (χ4n) is 11.2. The van der Waals surface area contributed by atoms with E-state index in [0.29, 0.717) is 25.7 Å². The Morgan fingerprint density at radius 1 is 0.326 bits per heavy atom. The minimum atomic E-state index is -4.96. The summed E-state index contributed by atoms with van der Waals surface area (Å²) in [5, 5.41) is 10.6. The van der Waals surface area contributed by atoms with E-state index in [0.717, 1.165) is 115 Å². The quantitative estimate of drug-likeness (QED) is 0.0169. The van der Waals surface area contributed by atoms with Crippen molar-refractivity contribution in [3.05, 3.63) is 24.3 Å². The number of allylic oxidation sites excluding steroid dienone is 4. The summed E-state index contributed by atoms with van der Waals surface area (Å²) in [5.74, 6) is -1.37. The van der Waals surface area contributed by atoms with Gasteiger partial charge in [0, 0.05) is 25.7 Å². The van der Waals surface area contributed by atoms with Gasteiger partial charge in [0.25, 0.3) is 0 Å². The lowest BCUT2D eigenvalue weighted by Crippen LogP contribution is -2.30. The zero-order chi connectivity index (χ0) is 69.8. The third-order valence-electron chi connectivity index (χ3n) is 17.2. The molecule has 0 spiro atoms. The van der Waals surface area contributed by atoms with E-state index in [9.17, 15) is 43.2 Å². The molecule has 17 nitrogen and oxygen atoms in total. The number of rotatable bonds is 74. The summed E-state index contributed by atoms with van der Waals surface area (Å²) >= 11 is 0. The van der Waals surface area contributed by atoms with Crippen LogP contribution in [0.3, 0.4) is 0 Å². The van der Waals surface area contributed by atoms with Crippen LogP contribution in [-0.4, -0.2) is 96.7 Å². The van der Waals surface area contributed by atoms with E-state index in [1.165, 1.54) is 180 Å². The molecule has 560 valence electrons. The normalized spacial score (nSPS) is 14.1. The van der Waals surface area contributed by atoms with Crippen molar-refractivity contribution in [3.8, 4) is 0 Å². The van der Waals surface area contributed by atoms with Crippen LogP contribution in [-0.2, 0) is 65.4 Å². The molecule has 0 rings (SSSR count). The molecule has 0 aliphatic carbocycles. The van der Waals surface area contributed by atoms with Crippen molar-refractivity contribution in [3.63, 3.8) is 0 Å². The van der Waals surface area contributed by atoms with Crippen molar-refractivity contribution in [1.29, 1.82) is 0 Å². The zero-order valence-corrected chi connectivity index (χ0v) is 63.1. The molecule has 0 radical (unpaired) electrons. The summed E-state index contributed by atoms with van der Waals surface area (Å²) < 4.78 is 68.3. The summed E-state index contributed by atoms with van der Waals surface area (Å²) in [5.41, 5.74) is 0. The van der Waals surface area contributed by atoms with Crippen molar-refractivity contribution < 1.29 is 80.2 Å². The van der Waals surface area contributed by atoms with E-state index in [2.05, 4.69) is 58.9 Å². The Morgan fingerprint density at radius 3 is 0.863 bits per heavy atom. The number of aliphatic hydroxyl groups excluding tert-OH is 1. The third-order valence-corrected chi connectivity index (χ3v) is 19.1. The standard InChI is InChI=1S/C76H144O17P2/c1-6-9-12-15-17-19-21-23-25-26-27-28-30-34-39-43-47-52-57-62-76(81)93-72(66-87-74(79)60-55-50-45-41-37-35-31-32-36-40-44-49-53-58-69(4)5)68-91-95(84,85)89-64-70(77)63-88-94(82,83)90-67-71(65-86-73(78)59-54-48-14-11-8-3)92-75(80)61-56-51-46-42-38-33-29-24-22-20-18-16-13-10-7-2/h20,22,24,29,69-72,77H,6-19,21,23,25-28,30-68H2,1-5H3,(H,82,83)(H,84,85)/b22-20-,29-24-/t70-,71+,72+/m0/s1. The van der Waals surface area contributed by atoms with Gasteiger partial charge in [-0.3, -0.25) is 37.3 Å². The smallest absolute Gasteiger partial charge is 0.462 e. The Kier molecular flexibility index (Phi) is 66.9. The topological polar surface area (TPSA) is 237 Å². The van der Waals surface area contributed by atoms with Crippen LogP contribution in [0.4, 0.5) is 0 Å². The lowest BCUT2D eigenvalue weighted by atomic mass is 10.0. The van der Waals surface area contributed by atoms with Crippen LogP contribution in [0.25, 0.3) is 0 Å². The van der Waals surface area contributed by atoms with Gasteiger partial charge in [-0.05, 0) is 57.3 Å². The van der Waals surface area contributed by atoms with Gasteiger partial charge >= 0.3 is 39.5 Å². The molecule has 95 heavy (non-hydrogen) atoms. The minimum Gasteiger partial charge on any atom is -0.462 e. The van der Waals surface area contributed by atoms with Gasteiger partial charge in [-0.25, -0.2) is 9.13 Å². The lowest BCUT2D eigenvalue weighted by Gasteiger charge is -2.21. The number of hydrogen-bond acceptors (Lipinski definition) is 15. The van der Waals surface area contributed by atoms with Crippen LogP contribution < -0.4 is 0 Å². The van der Waals surface area contributed by atoms with E-state index in [4.69, 9.17) is 37.0 Å². The monoisotopic (exact) mass is 1390 g/mol. The molecule has 0 aromatic carbocycles. The van der Waals surface area contributed by atoms with Crippen LogP contribution in [0.1, 0.15) is 375 Å². The molecule has 0 saturated carbocycles. The molecule has 0 aliphatic heterocycles. The number of hydrogen-bond donors (Lipinski definition) is 3. The second kappa shape index (κ2) is 68.7. The molecule has 0 aliphatic rings. The summed E-state index contributed by atoms with van der Waals surface area (Å²) in [6, 6.07) is 0. The summed E-state index contributed by atoms with van der Waals surface area (Å²) in [6.45, 7) is 7.15. The molecule has 3 N–H and O–H groups in total. The molecule has 0 heterocycles. The van der Waals surface area contributed by atoms with Crippen LogP contribution >= 0.6 is 15.6 Å². The molecule has 0 aromatic rings. The Morgan fingerprint density at radius 2 is 0.568 bits per heavy atom. The van der Waals surface area contributed by atoms with Crippen LogP contribution in [0.5, 0.6) is 0 Å². The summed E-state index contributed by atoms with van der Waals surface area (Å²) in [6.07, 6.45) is 60.9. The molecule has 0 bridgehead atoms. The number of unbranched alkanes of at least 4 members (excludes halogenated alkanes) is 43. The van der Waals surface area contributed by atoms with Gasteiger partial charge < -0.3 is 33.8 Å². The Labute approximate surface area is 580 Å². The Bertz CT molecular complexity index is 1920. The first-order valence-electron chi connectivity index (χ1n) is 39.0. The van der Waals surface area contributed by atoms with Crippen molar-refractivity contribution in [2.45, 2.75) is 393 Å². The van der Waals surface area contributed by atoms with E-state index in [-0.39, 0.29) is 25.7 Å². The SMILES string of the molecule is CCCCCC/C=C\C=C/CCCCCCCC(=O)O[C@H](COC(=O)CCCCCCC)COP(=O)(O)OC[C@H](O)COP(=O)(O)OC[C@@H](COC(=O)CCCCCCCCCCCCCCCC(C)C)OC(=O)CCCCCCCCCCCCCCCCCCCCC. The number of carbonyl (C=O) groups excluding carboxylic acids is 4. The van der Waals surface area contributed by atoms with Gasteiger partial charge in [-0.2, -0.15) is 0 Å². The number of aliphatic hydroxyl groups is 1. The average Bonchev–Trinajstić information content (AvgIpc) is 1.92. The molecule has 0 aromatic heterocycles. The van der Waals surface area contributed by atoms with Crippen molar-refractivity contribution >= 4 is 39.5 Å². The van der Waals surface area contributed by atoms with Crippen LogP contribution in [0.15, 0.2) is 24.3 Å². The highest BCUT2D eigenvalue weighted by Gasteiger charge is 2.30.